The highest BCUT2D eigenvalue weighted by atomic mass is 32.1. The maximum atomic E-state index is 12.3. The summed E-state index contributed by atoms with van der Waals surface area (Å²) >= 11 is 1.55. The van der Waals surface area contributed by atoms with Gasteiger partial charge in [0.05, 0.1) is 18.4 Å². The highest BCUT2D eigenvalue weighted by molar-refractivity contribution is 7.12. The molecule has 0 fully saturated rings. The van der Waals surface area contributed by atoms with Crippen LogP contribution in [0.4, 0.5) is 5.82 Å². The van der Waals surface area contributed by atoms with Gasteiger partial charge in [-0.15, -0.1) is 11.3 Å². The number of ether oxygens (including phenoxy) is 2. The van der Waals surface area contributed by atoms with E-state index in [-0.39, 0.29) is 60.1 Å². The predicted octanol–water partition coefficient (Wildman–Crippen LogP) is 3.67. The van der Waals surface area contributed by atoms with Crippen molar-refractivity contribution in [3.8, 4) is 0 Å². The zero-order chi connectivity index (χ0) is 22.7. The molecule has 0 bridgehead atoms. The fourth-order valence-corrected chi connectivity index (χ4v) is 4.11. The Morgan fingerprint density at radius 1 is 1.13 bits per heavy atom. The van der Waals surface area contributed by atoms with Crippen molar-refractivity contribution >= 4 is 46.0 Å². The molecule has 164 valence electrons. The second-order valence-corrected chi connectivity index (χ2v) is 8.33. The van der Waals surface area contributed by atoms with Crippen LogP contribution in [-0.2, 0) is 20.9 Å². The molecule has 0 aromatic carbocycles. The zero-order valence-corrected chi connectivity index (χ0v) is 18.6. The van der Waals surface area contributed by atoms with E-state index < -0.39 is 11.9 Å². The summed E-state index contributed by atoms with van der Waals surface area (Å²) in [5.41, 5.74) is 6.91. The maximum absolute atomic E-state index is 12.3. The Morgan fingerprint density at radius 2 is 1.87 bits per heavy atom. The Balaban J connectivity index is 1.64. The molecule has 0 amide bonds. The van der Waals surface area contributed by atoms with E-state index in [1.807, 2.05) is 19.9 Å². The number of ketones is 1. The van der Waals surface area contributed by atoms with Gasteiger partial charge in [0.1, 0.15) is 17.1 Å². The molecular weight excluding hydrogens is 422 g/mol. The van der Waals surface area contributed by atoms with Crippen LogP contribution in [0.3, 0.4) is 0 Å². The SMILES string of the molecule is CCOC(=O)c1c(C)oc2nc(COC(=O)CCC(=O)c3cc(C)sc3C)nc(N)c12. The van der Waals surface area contributed by atoms with Gasteiger partial charge in [-0.3, -0.25) is 9.59 Å². The molecule has 31 heavy (non-hydrogen) atoms. The molecule has 0 aliphatic rings. The van der Waals surface area contributed by atoms with E-state index in [1.54, 1.807) is 25.2 Å². The number of carbonyl (C=O) groups excluding carboxylic acids is 3. The molecule has 0 aliphatic carbocycles. The Hall–Kier alpha value is -3.27. The molecule has 0 aliphatic heterocycles. The minimum Gasteiger partial charge on any atom is -0.462 e. The van der Waals surface area contributed by atoms with Gasteiger partial charge in [-0.05, 0) is 33.8 Å². The molecule has 0 radical (unpaired) electrons. The van der Waals surface area contributed by atoms with Gasteiger partial charge in [-0.25, -0.2) is 9.78 Å². The van der Waals surface area contributed by atoms with Gasteiger partial charge in [0.2, 0.25) is 5.71 Å². The van der Waals surface area contributed by atoms with Gasteiger partial charge >= 0.3 is 11.9 Å². The van der Waals surface area contributed by atoms with Crippen LogP contribution in [-0.4, -0.2) is 34.3 Å². The van der Waals surface area contributed by atoms with Crippen molar-refractivity contribution in [1.29, 1.82) is 0 Å². The first-order chi connectivity index (χ1) is 14.7. The Morgan fingerprint density at radius 3 is 2.52 bits per heavy atom. The number of esters is 2. The molecule has 3 aromatic rings. The van der Waals surface area contributed by atoms with Gasteiger partial charge in [0.25, 0.3) is 0 Å². The Labute approximate surface area is 182 Å². The molecule has 0 atom stereocenters. The topological polar surface area (TPSA) is 135 Å². The highest BCUT2D eigenvalue weighted by Gasteiger charge is 2.24. The fourth-order valence-electron chi connectivity index (χ4n) is 3.17. The van der Waals surface area contributed by atoms with Crippen molar-refractivity contribution in [1.82, 2.24) is 9.97 Å². The number of aromatic nitrogens is 2. The summed E-state index contributed by atoms with van der Waals surface area (Å²) < 4.78 is 15.7. The molecule has 0 spiro atoms. The minimum absolute atomic E-state index is 0.0226. The molecule has 3 aromatic heterocycles. The van der Waals surface area contributed by atoms with Crippen molar-refractivity contribution in [2.24, 2.45) is 0 Å². The van der Waals surface area contributed by atoms with E-state index >= 15 is 0 Å². The number of rotatable bonds is 8. The third kappa shape index (κ3) is 4.91. The lowest BCUT2D eigenvalue weighted by Gasteiger charge is -2.05. The summed E-state index contributed by atoms with van der Waals surface area (Å²) in [5, 5.41) is 0.262. The van der Waals surface area contributed by atoms with Crippen molar-refractivity contribution in [2.75, 3.05) is 12.3 Å². The van der Waals surface area contributed by atoms with Gasteiger partial charge in [0.15, 0.2) is 18.2 Å². The number of furan rings is 1. The molecule has 9 nitrogen and oxygen atoms in total. The van der Waals surface area contributed by atoms with Crippen LogP contribution in [0.5, 0.6) is 0 Å². The molecule has 10 heteroatoms. The van der Waals surface area contributed by atoms with E-state index in [0.717, 1.165) is 9.75 Å². The van der Waals surface area contributed by atoms with E-state index in [0.29, 0.717) is 11.3 Å². The summed E-state index contributed by atoms with van der Waals surface area (Å²) in [4.78, 5) is 46.8. The molecule has 0 saturated carbocycles. The molecular formula is C21H23N3O6S. The van der Waals surface area contributed by atoms with Crippen LogP contribution in [0, 0.1) is 20.8 Å². The number of aryl methyl sites for hydroxylation is 3. The first-order valence-corrected chi connectivity index (χ1v) is 10.5. The number of hydrogen-bond acceptors (Lipinski definition) is 10. The summed E-state index contributed by atoms with van der Waals surface area (Å²) in [5.74, 6) is -0.774. The van der Waals surface area contributed by atoms with Gasteiger partial charge in [0, 0.05) is 21.7 Å². The number of nitrogens with zero attached hydrogens (tertiary/aromatic N) is 2. The van der Waals surface area contributed by atoms with E-state index in [9.17, 15) is 14.4 Å². The van der Waals surface area contributed by atoms with Gasteiger partial charge in [-0.2, -0.15) is 4.98 Å². The minimum atomic E-state index is -0.575. The van der Waals surface area contributed by atoms with Crippen LogP contribution < -0.4 is 5.73 Å². The molecule has 3 rings (SSSR count). The van der Waals surface area contributed by atoms with Crippen molar-refractivity contribution < 1.29 is 28.3 Å². The van der Waals surface area contributed by atoms with Crippen LogP contribution in [0.25, 0.3) is 11.1 Å². The van der Waals surface area contributed by atoms with Crippen LogP contribution >= 0.6 is 11.3 Å². The van der Waals surface area contributed by atoms with Crippen LogP contribution in [0.2, 0.25) is 0 Å². The molecule has 0 unspecified atom stereocenters. The first kappa shape index (κ1) is 22.4. The quantitative estimate of drug-likeness (QED) is 0.407. The molecule has 0 saturated heterocycles. The Bertz CT molecular complexity index is 1160. The second-order valence-electron chi connectivity index (χ2n) is 6.87. The Kier molecular flexibility index (Phi) is 6.69. The summed E-state index contributed by atoms with van der Waals surface area (Å²) in [7, 11) is 0. The molecule has 2 N–H and O–H groups in total. The predicted molar refractivity (Wildman–Crippen MR) is 114 cm³/mol. The highest BCUT2D eigenvalue weighted by Crippen LogP contribution is 2.29. The number of thiophene rings is 1. The first-order valence-electron chi connectivity index (χ1n) is 9.69. The number of carbonyl (C=O) groups is 3. The zero-order valence-electron chi connectivity index (χ0n) is 17.7. The van der Waals surface area contributed by atoms with E-state index in [2.05, 4.69) is 9.97 Å². The lowest BCUT2D eigenvalue weighted by molar-refractivity contribution is -0.145. The summed E-state index contributed by atoms with van der Waals surface area (Å²) in [6.07, 6.45) is -0.00405. The average molecular weight is 445 g/mol. The van der Waals surface area contributed by atoms with Crippen LogP contribution in [0.15, 0.2) is 10.5 Å². The normalized spacial score (nSPS) is 11.0. The molecule has 3 heterocycles. The lowest BCUT2D eigenvalue weighted by Crippen LogP contribution is -2.11. The fraction of sp³-hybridized carbons (Fsp3) is 0.381. The lowest BCUT2D eigenvalue weighted by atomic mass is 10.1. The smallest absolute Gasteiger partial charge is 0.342 e. The van der Waals surface area contributed by atoms with Crippen molar-refractivity contribution in [3.05, 3.63) is 38.5 Å². The summed E-state index contributed by atoms with van der Waals surface area (Å²) in [6.45, 7) is 7.07. The van der Waals surface area contributed by atoms with Crippen molar-refractivity contribution in [3.63, 3.8) is 0 Å². The number of nitrogens with two attached hydrogens (primary N) is 1. The third-order valence-corrected chi connectivity index (χ3v) is 5.51. The number of nitrogen functional groups attached to an aromatic ring is 1. The van der Waals surface area contributed by atoms with Gasteiger partial charge in [-0.1, -0.05) is 0 Å². The van der Waals surface area contributed by atoms with Crippen LogP contribution in [0.1, 0.15) is 61.8 Å². The maximum Gasteiger partial charge on any atom is 0.342 e. The number of hydrogen-bond donors (Lipinski definition) is 1. The number of anilines is 1. The largest absolute Gasteiger partial charge is 0.462 e. The standard InChI is InChI=1S/C21H23N3O6S/c1-5-28-21(27)17-11(3)30-20-18(17)19(22)23-15(24-20)9-29-16(26)7-6-14(25)13-8-10(2)31-12(13)4/h8H,5-7,9H2,1-4H3,(H2,22,23,24). The summed E-state index contributed by atoms with van der Waals surface area (Å²) in [6, 6.07) is 1.83. The monoisotopic (exact) mass is 445 g/mol. The average Bonchev–Trinajstić information content (AvgIpc) is 3.22. The second kappa shape index (κ2) is 9.25. The van der Waals surface area contributed by atoms with Gasteiger partial charge < -0.3 is 19.6 Å². The van der Waals surface area contributed by atoms with E-state index in [4.69, 9.17) is 19.6 Å². The van der Waals surface area contributed by atoms with Crippen molar-refractivity contribution in [2.45, 2.75) is 47.1 Å². The van der Waals surface area contributed by atoms with E-state index in [1.165, 1.54) is 0 Å². The number of fused-ring (bicyclic) bond motifs is 1. The third-order valence-electron chi connectivity index (χ3n) is 4.54. The number of Topliss-reactive ketones (excluding diaryl/α,β-unsaturated/α-hetero) is 1.